The van der Waals surface area contributed by atoms with Gasteiger partial charge in [-0.25, -0.2) is 0 Å². The molecule has 0 radical (unpaired) electrons. The summed E-state index contributed by atoms with van der Waals surface area (Å²) in [7, 11) is 0. The minimum absolute atomic E-state index is 0.00592. The maximum atomic E-state index is 12.1. The highest BCUT2D eigenvalue weighted by atomic mass is 16.5. The minimum atomic E-state index is -0.419. The zero-order valence-corrected chi connectivity index (χ0v) is 11.5. The van der Waals surface area contributed by atoms with Crippen molar-refractivity contribution in [3.05, 3.63) is 29.8 Å². The summed E-state index contributed by atoms with van der Waals surface area (Å²) < 4.78 is 5.48. The third kappa shape index (κ3) is 3.84. The molecule has 0 aliphatic rings. The largest absolute Gasteiger partial charge is 0.494 e. The van der Waals surface area contributed by atoms with Gasteiger partial charge in [0.1, 0.15) is 5.75 Å². The molecule has 0 heterocycles. The third-order valence-electron chi connectivity index (χ3n) is 3.17. The lowest BCUT2D eigenvalue weighted by molar-refractivity contribution is 0.0935. The number of ether oxygens (including phenoxy) is 1. The fourth-order valence-corrected chi connectivity index (χ4v) is 1.64. The van der Waals surface area contributed by atoms with Crippen molar-refractivity contribution < 1.29 is 9.53 Å². The molecule has 0 aliphatic carbocycles. The van der Waals surface area contributed by atoms with Gasteiger partial charge in [0.05, 0.1) is 12.6 Å². The second kappa shape index (κ2) is 7.17. The normalized spacial score (nSPS) is 14.0. The molecule has 0 saturated heterocycles. The fourth-order valence-electron chi connectivity index (χ4n) is 1.64. The average Bonchev–Trinajstić information content (AvgIpc) is 2.43. The van der Waals surface area contributed by atoms with Crippen LogP contribution in [0.4, 0.5) is 0 Å². The van der Waals surface area contributed by atoms with Crippen molar-refractivity contribution in [2.75, 3.05) is 6.61 Å². The van der Waals surface area contributed by atoms with Crippen molar-refractivity contribution in [1.82, 2.24) is 0 Å². The summed E-state index contributed by atoms with van der Waals surface area (Å²) in [5, 5.41) is 0. The first-order valence-electron chi connectivity index (χ1n) is 6.62. The van der Waals surface area contributed by atoms with Gasteiger partial charge in [0.2, 0.25) is 0 Å². The topological polar surface area (TPSA) is 52.3 Å². The van der Waals surface area contributed by atoms with E-state index in [1.807, 2.05) is 26.0 Å². The van der Waals surface area contributed by atoms with Gasteiger partial charge >= 0.3 is 0 Å². The zero-order chi connectivity index (χ0) is 13.5. The average molecular weight is 249 g/mol. The van der Waals surface area contributed by atoms with Crippen molar-refractivity contribution in [3.63, 3.8) is 0 Å². The number of hydrogen-bond donors (Lipinski definition) is 1. The van der Waals surface area contributed by atoms with Gasteiger partial charge in [-0.15, -0.1) is 0 Å². The molecule has 3 nitrogen and oxygen atoms in total. The fraction of sp³-hybridized carbons (Fsp3) is 0.533. The molecule has 0 aliphatic heterocycles. The second-order valence-corrected chi connectivity index (χ2v) is 4.65. The maximum Gasteiger partial charge on any atom is 0.179 e. The Bertz CT molecular complexity index is 373. The van der Waals surface area contributed by atoms with Crippen molar-refractivity contribution >= 4 is 5.78 Å². The number of carbonyl (C=O) groups excluding carboxylic acids is 1. The Morgan fingerprint density at radius 1 is 1.28 bits per heavy atom. The monoisotopic (exact) mass is 249 g/mol. The van der Waals surface area contributed by atoms with E-state index in [1.165, 1.54) is 0 Å². The molecule has 0 saturated carbocycles. The molecule has 100 valence electrons. The quantitative estimate of drug-likeness (QED) is 0.756. The molecule has 0 fully saturated rings. The van der Waals surface area contributed by atoms with E-state index < -0.39 is 6.04 Å². The van der Waals surface area contributed by atoms with Gasteiger partial charge < -0.3 is 10.5 Å². The Kier molecular flexibility index (Phi) is 5.86. The molecule has 2 N–H and O–H groups in total. The number of Topliss-reactive ketones (excluding diaryl/α,β-unsaturated/α-hetero) is 1. The molecular formula is C15H23NO2. The Morgan fingerprint density at radius 2 is 1.89 bits per heavy atom. The highest BCUT2D eigenvalue weighted by Gasteiger charge is 2.20. The van der Waals surface area contributed by atoms with E-state index in [0.29, 0.717) is 12.2 Å². The Balaban J connectivity index is 2.69. The molecule has 0 spiro atoms. The summed E-state index contributed by atoms with van der Waals surface area (Å²) in [6, 6.07) is 6.81. The molecule has 1 aromatic carbocycles. The number of nitrogens with two attached hydrogens (primary N) is 1. The highest BCUT2D eigenvalue weighted by molar-refractivity contribution is 6.00. The van der Waals surface area contributed by atoms with Crippen LogP contribution in [0.15, 0.2) is 24.3 Å². The standard InChI is InChI=1S/C15H23NO2/c1-4-10-18-13-8-6-12(7-9-13)15(17)14(16)11(3)5-2/h6-9,11,14H,4-5,10,16H2,1-3H3. The SMILES string of the molecule is CCCOc1ccc(C(=O)C(N)C(C)CC)cc1. The van der Waals surface area contributed by atoms with Gasteiger partial charge in [0, 0.05) is 5.56 Å². The molecular weight excluding hydrogens is 226 g/mol. The van der Waals surface area contributed by atoms with Crippen LogP contribution < -0.4 is 10.5 Å². The van der Waals surface area contributed by atoms with E-state index in [2.05, 4.69) is 6.92 Å². The molecule has 1 rings (SSSR count). The lowest BCUT2D eigenvalue weighted by Gasteiger charge is -2.17. The van der Waals surface area contributed by atoms with Crippen LogP contribution in [0.25, 0.3) is 0 Å². The molecule has 2 unspecified atom stereocenters. The minimum Gasteiger partial charge on any atom is -0.494 e. The van der Waals surface area contributed by atoms with Crippen LogP contribution in [-0.2, 0) is 0 Å². The van der Waals surface area contributed by atoms with E-state index in [0.717, 1.165) is 18.6 Å². The molecule has 0 aromatic heterocycles. The van der Waals surface area contributed by atoms with Gasteiger partial charge in [0.25, 0.3) is 0 Å². The number of ketones is 1. The zero-order valence-electron chi connectivity index (χ0n) is 11.5. The Hall–Kier alpha value is -1.35. The summed E-state index contributed by atoms with van der Waals surface area (Å²) in [5.74, 6) is 1.01. The van der Waals surface area contributed by atoms with Crippen molar-refractivity contribution in [1.29, 1.82) is 0 Å². The van der Waals surface area contributed by atoms with Gasteiger partial charge in [-0.05, 0) is 36.6 Å². The summed E-state index contributed by atoms with van der Waals surface area (Å²) in [6.07, 6.45) is 1.88. The highest BCUT2D eigenvalue weighted by Crippen LogP contribution is 2.16. The first kappa shape index (κ1) is 14.7. The Labute approximate surface area is 109 Å². The van der Waals surface area contributed by atoms with Crippen LogP contribution in [0.1, 0.15) is 44.0 Å². The van der Waals surface area contributed by atoms with Crippen LogP contribution in [0, 0.1) is 5.92 Å². The van der Waals surface area contributed by atoms with Crippen LogP contribution in [-0.4, -0.2) is 18.4 Å². The molecule has 18 heavy (non-hydrogen) atoms. The van der Waals surface area contributed by atoms with E-state index >= 15 is 0 Å². The first-order chi connectivity index (χ1) is 8.60. The number of carbonyl (C=O) groups is 1. The Morgan fingerprint density at radius 3 is 2.39 bits per heavy atom. The summed E-state index contributed by atoms with van der Waals surface area (Å²) in [4.78, 5) is 12.1. The van der Waals surface area contributed by atoms with Crippen LogP contribution in [0.2, 0.25) is 0 Å². The predicted molar refractivity (Wildman–Crippen MR) is 74.0 cm³/mol. The first-order valence-corrected chi connectivity index (χ1v) is 6.62. The smallest absolute Gasteiger partial charge is 0.179 e. The second-order valence-electron chi connectivity index (χ2n) is 4.65. The maximum absolute atomic E-state index is 12.1. The molecule has 2 atom stereocenters. The van der Waals surface area contributed by atoms with E-state index in [1.54, 1.807) is 12.1 Å². The lowest BCUT2D eigenvalue weighted by Crippen LogP contribution is -2.36. The van der Waals surface area contributed by atoms with Gasteiger partial charge in [-0.1, -0.05) is 27.2 Å². The molecule has 0 bridgehead atoms. The molecule has 3 heteroatoms. The van der Waals surface area contributed by atoms with Gasteiger partial charge in [-0.3, -0.25) is 4.79 Å². The van der Waals surface area contributed by atoms with Gasteiger partial charge in [0.15, 0.2) is 5.78 Å². The predicted octanol–water partition coefficient (Wildman–Crippen LogP) is 3.03. The van der Waals surface area contributed by atoms with Crippen molar-refractivity contribution in [2.24, 2.45) is 11.7 Å². The van der Waals surface area contributed by atoms with Gasteiger partial charge in [-0.2, -0.15) is 0 Å². The summed E-state index contributed by atoms with van der Waals surface area (Å²) in [5.41, 5.74) is 6.60. The van der Waals surface area contributed by atoms with Crippen molar-refractivity contribution in [3.8, 4) is 5.75 Å². The molecule has 1 aromatic rings. The lowest BCUT2D eigenvalue weighted by atomic mass is 9.93. The van der Waals surface area contributed by atoms with E-state index in [4.69, 9.17) is 10.5 Å². The van der Waals surface area contributed by atoms with E-state index in [9.17, 15) is 4.79 Å². The van der Waals surface area contributed by atoms with Crippen LogP contribution in [0.5, 0.6) is 5.75 Å². The molecule has 0 amide bonds. The summed E-state index contributed by atoms with van der Waals surface area (Å²) in [6.45, 7) is 6.80. The third-order valence-corrected chi connectivity index (χ3v) is 3.17. The number of hydrogen-bond acceptors (Lipinski definition) is 3. The summed E-state index contributed by atoms with van der Waals surface area (Å²) >= 11 is 0. The van der Waals surface area contributed by atoms with Crippen LogP contribution in [0.3, 0.4) is 0 Å². The number of rotatable bonds is 7. The number of benzene rings is 1. The van der Waals surface area contributed by atoms with E-state index in [-0.39, 0.29) is 11.7 Å². The van der Waals surface area contributed by atoms with Crippen LogP contribution >= 0.6 is 0 Å². The van der Waals surface area contributed by atoms with Crippen molar-refractivity contribution in [2.45, 2.75) is 39.7 Å².